The summed E-state index contributed by atoms with van der Waals surface area (Å²) in [4.78, 5) is 33.7. The van der Waals surface area contributed by atoms with Crippen LogP contribution in [0.3, 0.4) is 0 Å². The molecule has 1 atom stereocenters. The first-order valence-corrected chi connectivity index (χ1v) is 12.6. The molecule has 5 rings (SSSR count). The maximum absolute atomic E-state index is 13.8. The number of rotatable bonds is 8. The monoisotopic (exact) mass is 498 g/mol. The minimum absolute atomic E-state index is 0.0345. The van der Waals surface area contributed by atoms with Crippen LogP contribution in [0.4, 0.5) is 5.82 Å². The number of benzene rings is 2. The number of pyridine rings is 1. The average Bonchev–Trinajstić information content (AvgIpc) is 3.17. The molecule has 37 heavy (non-hydrogen) atoms. The fourth-order valence-electron chi connectivity index (χ4n) is 4.62. The third-order valence-corrected chi connectivity index (χ3v) is 6.43. The lowest BCUT2D eigenvalue weighted by Crippen LogP contribution is -2.30. The molecule has 7 heteroatoms. The highest BCUT2D eigenvalue weighted by molar-refractivity contribution is 6.10. The summed E-state index contributed by atoms with van der Waals surface area (Å²) in [5, 5.41) is 0.428. The van der Waals surface area contributed by atoms with Crippen molar-refractivity contribution in [2.75, 3.05) is 18.1 Å². The van der Waals surface area contributed by atoms with Gasteiger partial charge in [-0.05, 0) is 68.1 Å². The number of amides is 1. The van der Waals surface area contributed by atoms with Crippen molar-refractivity contribution in [3.05, 3.63) is 93.5 Å². The number of anilines is 1. The van der Waals surface area contributed by atoms with E-state index in [9.17, 15) is 9.59 Å². The summed E-state index contributed by atoms with van der Waals surface area (Å²) in [6.07, 6.45) is 0.915. The fraction of sp³-hybridized carbons (Fsp3) is 0.300. The molecule has 1 unspecified atom stereocenters. The van der Waals surface area contributed by atoms with E-state index in [0.717, 1.165) is 12.1 Å². The van der Waals surface area contributed by atoms with E-state index in [1.165, 1.54) is 4.90 Å². The van der Waals surface area contributed by atoms with Crippen LogP contribution in [0.25, 0.3) is 11.0 Å². The van der Waals surface area contributed by atoms with Crippen LogP contribution in [0.1, 0.15) is 60.6 Å². The SMILES string of the molecule is CCOc1cc(C2c3c(oc4ccccc4c3=O)C(=O)N2c2cccc(C)n2)ccc1OCCC(C)C. The second kappa shape index (κ2) is 10.1. The lowest BCUT2D eigenvalue weighted by Gasteiger charge is -2.25. The summed E-state index contributed by atoms with van der Waals surface area (Å²) in [6, 6.07) is 17.3. The molecular weight excluding hydrogens is 468 g/mol. The summed E-state index contributed by atoms with van der Waals surface area (Å²) in [5.74, 6) is 1.78. The Labute approximate surface area is 215 Å². The van der Waals surface area contributed by atoms with Crippen LogP contribution in [0.15, 0.2) is 69.9 Å². The molecule has 4 aromatic rings. The van der Waals surface area contributed by atoms with Gasteiger partial charge in [0, 0.05) is 5.69 Å². The zero-order valence-corrected chi connectivity index (χ0v) is 21.5. The molecule has 1 amide bonds. The molecular formula is C30H30N2O5. The van der Waals surface area contributed by atoms with E-state index < -0.39 is 11.9 Å². The molecule has 0 N–H and O–H groups in total. The molecule has 3 heterocycles. The Morgan fingerprint density at radius 1 is 1.00 bits per heavy atom. The molecule has 0 saturated heterocycles. The third kappa shape index (κ3) is 4.57. The van der Waals surface area contributed by atoms with Crippen molar-refractivity contribution in [3.8, 4) is 11.5 Å². The van der Waals surface area contributed by atoms with Gasteiger partial charge in [-0.1, -0.05) is 38.1 Å². The minimum Gasteiger partial charge on any atom is -0.490 e. The summed E-state index contributed by atoms with van der Waals surface area (Å²) in [5.41, 5.74) is 1.90. The molecule has 1 aliphatic rings. The smallest absolute Gasteiger partial charge is 0.296 e. The van der Waals surface area contributed by atoms with Crippen molar-refractivity contribution >= 4 is 22.7 Å². The quantitative estimate of drug-likeness (QED) is 0.293. The zero-order chi connectivity index (χ0) is 26.1. The van der Waals surface area contributed by atoms with Crippen molar-refractivity contribution in [2.24, 2.45) is 5.92 Å². The second-order valence-electron chi connectivity index (χ2n) is 9.56. The van der Waals surface area contributed by atoms with Crippen molar-refractivity contribution in [1.29, 1.82) is 0 Å². The molecule has 0 fully saturated rings. The normalized spacial score (nSPS) is 14.9. The Kier molecular flexibility index (Phi) is 6.70. The molecule has 2 aromatic carbocycles. The van der Waals surface area contributed by atoms with Crippen LogP contribution >= 0.6 is 0 Å². The number of carbonyl (C=O) groups excluding carboxylic acids is 1. The van der Waals surface area contributed by atoms with Gasteiger partial charge in [0.05, 0.1) is 30.2 Å². The maximum Gasteiger partial charge on any atom is 0.296 e. The first-order valence-electron chi connectivity index (χ1n) is 12.6. The Balaban J connectivity index is 1.68. The Hall–Kier alpha value is -4.13. The van der Waals surface area contributed by atoms with Crippen molar-refractivity contribution < 1.29 is 18.7 Å². The first-order chi connectivity index (χ1) is 17.9. The number of nitrogens with zero attached hydrogens (tertiary/aromatic N) is 2. The highest BCUT2D eigenvalue weighted by atomic mass is 16.5. The van der Waals surface area contributed by atoms with Gasteiger partial charge in [0.15, 0.2) is 16.9 Å². The van der Waals surface area contributed by atoms with E-state index in [0.29, 0.717) is 58.5 Å². The van der Waals surface area contributed by atoms with E-state index in [1.807, 2.05) is 44.2 Å². The molecule has 1 aliphatic heterocycles. The number of aryl methyl sites for hydroxylation is 1. The van der Waals surface area contributed by atoms with Gasteiger partial charge in [-0.3, -0.25) is 14.5 Å². The van der Waals surface area contributed by atoms with Crippen molar-refractivity contribution in [2.45, 2.75) is 40.2 Å². The van der Waals surface area contributed by atoms with Crippen LogP contribution in [0.5, 0.6) is 11.5 Å². The number of para-hydroxylation sites is 1. The molecule has 0 saturated carbocycles. The largest absolute Gasteiger partial charge is 0.490 e. The van der Waals surface area contributed by atoms with E-state index in [4.69, 9.17) is 13.9 Å². The van der Waals surface area contributed by atoms with E-state index in [2.05, 4.69) is 18.8 Å². The van der Waals surface area contributed by atoms with Crippen molar-refractivity contribution in [3.63, 3.8) is 0 Å². The minimum atomic E-state index is -0.735. The Morgan fingerprint density at radius 3 is 2.57 bits per heavy atom. The molecule has 2 aromatic heterocycles. The van der Waals surface area contributed by atoms with Gasteiger partial charge in [-0.25, -0.2) is 4.98 Å². The maximum atomic E-state index is 13.8. The molecule has 0 aliphatic carbocycles. The number of aromatic nitrogens is 1. The summed E-state index contributed by atoms with van der Waals surface area (Å²) in [6.45, 7) is 9.07. The highest BCUT2D eigenvalue weighted by Gasteiger charge is 2.44. The fourth-order valence-corrected chi connectivity index (χ4v) is 4.62. The first kappa shape index (κ1) is 24.6. The van der Waals surface area contributed by atoms with Gasteiger partial charge in [0.2, 0.25) is 5.76 Å². The molecule has 0 spiro atoms. The van der Waals surface area contributed by atoms with Crippen LogP contribution < -0.4 is 19.8 Å². The van der Waals surface area contributed by atoms with Crippen LogP contribution in [0, 0.1) is 12.8 Å². The number of hydrogen-bond acceptors (Lipinski definition) is 6. The van der Waals surface area contributed by atoms with Gasteiger partial charge in [0.25, 0.3) is 5.91 Å². The Bertz CT molecular complexity index is 1520. The van der Waals surface area contributed by atoms with Gasteiger partial charge < -0.3 is 13.9 Å². The van der Waals surface area contributed by atoms with Crippen LogP contribution in [0.2, 0.25) is 0 Å². The topological polar surface area (TPSA) is 81.9 Å². The second-order valence-corrected chi connectivity index (χ2v) is 9.56. The van der Waals surface area contributed by atoms with Crippen LogP contribution in [-0.2, 0) is 0 Å². The highest BCUT2D eigenvalue weighted by Crippen LogP contribution is 2.43. The summed E-state index contributed by atoms with van der Waals surface area (Å²) in [7, 11) is 0. The van der Waals surface area contributed by atoms with E-state index >= 15 is 0 Å². The standard InChI is InChI=1S/C30H30N2O5/c1-5-35-24-17-20(13-14-23(24)36-16-15-18(2)3)27-26-28(33)21-10-6-7-11-22(21)37-29(26)30(34)32(27)25-12-8-9-19(4)31-25/h6-14,17-18,27H,5,15-16H2,1-4H3. The average molecular weight is 499 g/mol. The summed E-state index contributed by atoms with van der Waals surface area (Å²) >= 11 is 0. The molecule has 0 bridgehead atoms. The Morgan fingerprint density at radius 2 is 1.81 bits per heavy atom. The molecule has 0 radical (unpaired) electrons. The van der Waals surface area contributed by atoms with E-state index in [1.54, 1.807) is 30.3 Å². The predicted octanol–water partition coefficient (Wildman–Crippen LogP) is 6.07. The van der Waals surface area contributed by atoms with Gasteiger partial charge in [-0.2, -0.15) is 0 Å². The number of carbonyl (C=O) groups is 1. The summed E-state index contributed by atoms with van der Waals surface area (Å²) < 4.78 is 18.0. The van der Waals surface area contributed by atoms with E-state index in [-0.39, 0.29) is 11.2 Å². The lowest BCUT2D eigenvalue weighted by molar-refractivity contribution is 0.0970. The van der Waals surface area contributed by atoms with Gasteiger partial charge in [0.1, 0.15) is 11.4 Å². The van der Waals surface area contributed by atoms with Gasteiger partial charge >= 0.3 is 0 Å². The zero-order valence-electron chi connectivity index (χ0n) is 21.5. The van der Waals surface area contributed by atoms with Gasteiger partial charge in [-0.15, -0.1) is 0 Å². The third-order valence-electron chi connectivity index (χ3n) is 6.43. The van der Waals surface area contributed by atoms with Crippen LogP contribution in [-0.4, -0.2) is 24.1 Å². The predicted molar refractivity (Wildman–Crippen MR) is 143 cm³/mol. The van der Waals surface area contributed by atoms with Crippen molar-refractivity contribution in [1.82, 2.24) is 4.98 Å². The number of ether oxygens (including phenoxy) is 2. The lowest BCUT2D eigenvalue weighted by atomic mass is 9.98. The molecule has 190 valence electrons. The molecule has 7 nitrogen and oxygen atoms in total. The number of fused-ring (bicyclic) bond motifs is 2. The number of hydrogen-bond donors (Lipinski definition) is 0.